The molecule has 0 aliphatic carbocycles. The fourth-order valence-corrected chi connectivity index (χ4v) is 1.97. The molecule has 0 saturated heterocycles. The Kier molecular flexibility index (Phi) is 2.99. The van der Waals surface area contributed by atoms with E-state index in [1.165, 1.54) is 0 Å². The average Bonchev–Trinajstić information content (AvgIpc) is 2.85. The van der Waals surface area contributed by atoms with Gasteiger partial charge in [0.25, 0.3) is 0 Å². The van der Waals surface area contributed by atoms with Crippen LogP contribution < -0.4 is 0 Å². The first-order valence-electron chi connectivity index (χ1n) is 5.47. The van der Waals surface area contributed by atoms with Gasteiger partial charge in [-0.3, -0.25) is 9.48 Å². The molecule has 2 aromatic heterocycles. The number of aliphatic carboxylic acids is 1. The lowest BCUT2D eigenvalue weighted by molar-refractivity contribution is -0.136. The summed E-state index contributed by atoms with van der Waals surface area (Å²) >= 11 is 0. The first kappa shape index (κ1) is 11.4. The van der Waals surface area contributed by atoms with Crippen molar-refractivity contribution in [1.29, 1.82) is 0 Å². The van der Waals surface area contributed by atoms with Gasteiger partial charge in [-0.1, -0.05) is 0 Å². The van der Waals surface area contributed by atoms with Gasteiger partial charge < -0.3 is 10.1 Å². The zero-order chi connectivity index (χ0) is 12.4. The summed E-state index contributed by atoms with van der Waals surface area (Å²) < 4.78 is 1.76. The third-order valence-electron chi connectivity index (χ3n) is 2.86. The fourth-order valence-electron chi connectivity index (χ4n) is 1.97. The second kappa shape index (κ2) is 4.45. The van der Waals surface area contributed by atoms with Gasteiger partial charge in [0.1, 0.15) is 5.69 Å². The van der Waals surface area contributed by atoms with Crippen LogP contribution in [0.1, 0.15) is 17.7 Å². The normalized spacial score (nSPS) is 10.7. The van der Waals surface area contributed by atoms with Crippen LogP contribution in [-0.4, -0.2) is 25.8 Å². The van der Waals surface area contributed by atoms with Crippen LogP contribution in [0.4, 0.5) is 0 Å². The van der Waals surface area contributed by atoms with Crippen molar-refractivity contribution in [3.8, 4) is 11.4 Å². The number of nitrogens with zero attached hydrogens (tertiary/aromatic N) is 2. The maximum Gasteiger partial charge on any atom is 0.303 e. The van der Waals surface area contributed by atoms with Crippen LogP contribution in [0, 0.1) is 6.92 Å². The lowest BCUT2D eigenvalue weighted by Crippen LogP contribution is -2.03. The molecule has 0 aliphatic rings. The second-order valence-electron chi connectivity index (χ2n) is 4.02. The van der Waals surface area contributed by atoms with Gasteiger partial charge >= 0.3 is 5.97 Å². The largest absolute Gasteiger partial charge is 0.481 e. The molecular weight excluding hydrogens is 218 g/mol. The lowest BCUT2D eigenvalue weighted by atomic mass is 10.1. The van der Waals surface area contributed by atoms with E-state index in [1.807, 2.05) is 32.3 Å². The van der Waals surface area contributed by atoms with Crippen molar-refractivity contribution >= 4 is 5.97 Å². The van der Waals surface area contributed by atoms with Crippen LogP contribution in [0.2, 0.25) is 0 Å². The van der Waals surface area contributed by atoms with E-state index in [0.29, 0.717) is 6.42 Å². The second-order valence-corrected chi connectivity index (χ2v) is 4.02. The molecule has 5 nitrogen and oxygen atoms in total. The Morgan fingerprint density at radius 3 is 2.94 bits per heavy atom. The Labute approximate surface area is 99.1 Å². The van der Waals surface area contributed by atoms with E-state index in [4.69, 9.17) is 5.11 Å². The molecule has 0 amide bonds. The van der Waals surface area contributed by atoms with Crippen LogP contribution in [0.15, 0.2) is 18.3 Å². The van der Waals surface area contributed by atoms with Gasteiger partial charge in [0.05, 0.1) is 12.1 Å². The van der Waals surface area contributed by atoms with Gasteiger partial charge in [-0.05, 0) is 24.6 Å². The summed E-state index contributed by atoms with van der Waals surface area (Å²) in [4.78, 5) is 13.7. The van der Waals surface area contributed by atoms with Crippen molar-refractivity contribution < 1.29 is 9.90 Å². The van der Waals surface area contributed by atoms with Crippen LogP contribution in [0.25, 0.3) is 11.4 Å². The predicted molar refractivity (Wildman–Crippen MR) is 63.7 cm³/mol. The van der Waals surface area contributed by atoms with Crippen molar-refractivity contribution in [3.63, 3.8) is 0 Å². The number of hydrogen-bond donors (Lipinski definition) is 2. The summed E-state index contributed by atoms with van der Waals surface area (Å²) in [5.41, 5.74) is 3.85. The maximum atomic E-state index is 10.6. The Morgan fingerprint density at radius 2 is 2.35 bits per heavy atom. The van der Waals surface area contributed by atoms with Crippen LogP contribution >= 0.6 is 0 Å². The van der Waals surface area contributed by atoms with E-state index >= 15 is 0 Å². The van der Waals surface area contributed by atoms with E-state index in [2.05, 4.69) is 10.1 Å². The zero-order valence-corrected chi connectivity index (χ0v) is 9.90. The van der Waals surface area contributed by atoms with Crippen molar-refractivity contribution in [2.24, 2.45) is 7.05 Å². The summed E-state index contributed by atoms with van der Waals surface area (Å²) in [5, 5.41) is 13.1. The Morgan fingerprint density at radius 1 is 1.59 bits per heavy atom. The third kappa shape index (κ3) is 2.22. The predicted octanol–water partition coefficient (Wildman–Crippen LogP) is 1.74. The Balaban J connectivity index is 2.32. The highest BCUT2D eigenvalue weighted by Crippen LogP contribution is 2.23. The van der Waals surface area contributed by atoms with Crippen molar-refractivity contribution in [2.45, 2.75) is 19.8 Å². The van der Waals surface area contributed by atoms with Crippen molar-refractivity contribution in [2.75, 3.05) is 0 Å². The number of carbonyl (C=O) groups is 1. The molecule has 0 radical (unpaired) electrons. The summed E-state index contributed by atoms with van der Waals surface area (Å²) in [6.07, 6.45) is 2.48. The number of rotatable bonds is 4. The Bertz CT molecular complexity index is 526. The number of nitrogens with one attached hydrogen (secondary N) is 1. The maximum absolute atomic E-state index is 10.6. The molecule has 0 unspecified atom stereocenters. The number of aromatic nitrogens is 3. The van der Waals surface area contributed by atoms with Crippen molar-refractivity contribution in [1.82, 2.24) is 14.8 Å². The molecule has 2 N–H and O–H groups in total. The topological polar surface area (TPSA) is 70.9 Å². The number of carboxylic acids is 1. The van der Waals surface area contributed by atoms with Crippen LogP contribution in [-0.2, 0) is 18.3 Å². The molecule has 2 aromatic rings. The molecule has 0 atom stereocenters. The molecular formula is C12H15N3O2. The van der Waals surface area contributed by atoms with Crippen molar-refractivity contribution in [3.05, 3.63) is 29.6 Å². The lowest BCUT2D eigenvalue weighted by Gasteiger charge is -2.00. The molecule has 2 heterocycles. The number of aryl methyl sites for hydroxylation is 1. The van der Waals surface area contributed by atoms with Crippen LogP contribution in [0.3, 0.4) is 0 Å². The van der Waals surface area contributed by atoms with E-state index in [1.54, 1.807) is 4.68 Å². The van der Waals surface area contributed by atoms with E-state index < -0.39 is 5.97 Å². The van der Waals surface area contributed by atoms with Gasteiger partial charge in [-0.15, -0.1) is 0 Å². The molecule has 90 valence electrons. The molecule has 0 saturated carbocycles. The summed E-state index contributed by atoms with van der Waals surface area (Å²) in [6.45, 7) is 1.97. The van der Waals surface area contributed by atoms with Gasteiger partial charge in [-0.25, -0.2) is 0 Å². The highest BCUT2D eigenvalue weighted by molar-refractivity contribution is 5.67. The first-order valence-corrected chi connectivity index (χ1v) is 5.47. The minimum Gasteiger partial charge on any atom is -0.481 e. The van der Waals surface area contributed by atoms with E-state index in [0.717, 1.165) is 22.6 Å². The quantitative estimate of drug-likeness (QED) is 0.845. The summed E-state index contributed by atoms with van der Waals surface area (Å²) in [5.74, 6) is -0.785. The minimum absolute atomic E-state index is 0.130. The summed E-state index contributed by atoms with van der Waals surface area (Å²) in [6, 6.07) is 3.87. The SMILES string of the molecule is Cc1c(-c2ccc[nH]2)nn(C)c1CCC(=O)O. The smallest absolute Gasteiger partial charge is 0.303 e. The van der Waals surface area contributed by atoms with E-state index in [9.17, 15) is 4.79 Å². The number of aromatic amines is 1. The number of H-pyrrole nitrogens is 1. The third-order valence-corrected chi connectivity index (χ3v) is 2.86. The molecule has 0 aromatic carbocycles. The number of hydrogen-bond acceptors (Lipinski definition) is 2. The first-order chi connectivity index (χ1) is 8.09. The number of carboxylic acid groups (broad SMARTS) is 1. The van der Waals surface area contributed by atoms with Gasteiger partial charge in [0.15, 0.2) is 0 Å². The zero-order valence-electron chi connectivity index (χ0n) is 9.90. The molecule has 2 rings (SSSR count). The summed E-state index contributed by atoms with van der Waals surface area (Å²) in [7, 11) is 1.84. The van der Waals surface area contributed by atoms with Gasteiger partial charge in [0, 0.05) is 25.4 Å². The Hall–Kier alpha value is -2.04. The highest BCUT2D eigenvalue weighted by Gasteiger charge is 2.14. The average molecular weight is 233 g/mol. The fraction of sp³-hybridized carbons (Fsp3) is 0.333. The van der Waals surface area contributed by atoms with Crippen LogP contribution in [0.5, 0.6) is 0 Å². The van der Waals surface area contributed by atoms with E-state index in [-0.39, 0.29) is 6.42 Å². The highest BCUT2D eigenvalue weighted by atomic mass is 16.4. The van der Waals surface area contributed by atoms with Gasteiger partial charge in [0.2, 0.25) is 0 Å². The van der Waals surface area contributed by atoms with Gasteiger partial charge in [-0.2, -0.15) is 5.10 Å². The molecule has 0 aliphatic heterocycles. The molecule has 17 heavy (non-hydrogen) atoms. The molecule has 0 fully saturated rings. The molecule has 5 heteroatoms. The monoisotopic (exact) mass is 233 g/mol. The minimum atomic E-state index is -0.785. The standard InChI is InChI=1S/C12H15N3O2/c1-8-10(5-6-11(16)17)15(2)14-12(8)9-4-3-7-13-9/h3-4,7,13H,5-6H2,1-2H3,(H,16,17). The molecule has 0 spiro atoms. The molecule has 0 bridgehead atoms.